The largest absolute Gasteiger partial charge is 0.301 e. The molecule has 0 aliphatic carbocycles. The lowest BCUT2D eigenvalue weighted by atomic mass is 10.1. The molecule has 8 heteroatoms. The van der Waals surface area contributed by atoms with Crippen molar-refractivity contribution in [1.29, 1.82) is 0 Å². The van der Waals surface area contributed by atoms with Crippen LogP contribution in [0.4, 0.5) is 5.13 Å². The van der Waals surface area contributed by atoms with Gasteiger partial charge in [0, 0.05) is 36.4 Å². The van der Waals surface area contributed by atoms with E-state index in [4.69, 9.17) is 0 Å². The van der Waals surface area contributed by atoms with Crippen LogP contribution in [0.3, 0.4) is 0 Å². The molecule has 3 aromatic rings. The fraction of sp³-hybridized carbons (Fsp3) is 0.190. The minimum absolute atomic E-state index is 0.0752. The highest BCUT2D eigenvalue weighted by Crippen LogP contribution is 2.21. The molecule has 1 N–H and O–H groups in total. The minimum Gasteiger partial charge on any atom is -0.301 e. The van der Waals surface area contributed by atoms with Gasteiger partial charge in [-0.1, -0.05) is 60.7 Å². The van der Waals surface area contributed by atoms with Crippen LogP contribution in [-0.2, 0) is 9.59 Å². The first-order valence-electron chi connectivity index (χ1n) is 9.31. The molecule has 0 spiro atoms. The Morgan fingerprint density at radius 3 is 2.38 bits per heavy atom. The van der Waals surface area contributed by atoms with Crippen molar-refractivity contribution in [1.82, 2.24) is 14.4 Å². The van der Waals surface area contributed by atoms with Gasteiger partial charge in [-0.15, -0.1) is 0 Å². The molecular formula is C21H19N5O2S. The van der Waals surface area contributed by atoms with E-state index in [1.54, 1.807) is 0 Å². The summed E-state index contributed by atoms with van der Waals surface area (Å²) < 4.78 is 4.26. The topological polar surface area (TPSA) is 87.5 Å². The van der Waals surface area contributed by atoms with Crippen molar-refractivity contribution in [3.8, 4) is 11.4 Å². The third kappa shape index (κ3) is 4.72. The number of carbonyl (C=O) groups is 2. The lowest BCUT2D eigenvalue weighted by Crippen LogP contribution is -2.24. The highest BCUT2D eigenvalue weighted by Gasteiger charge is 2.22. The second-order valence-corrected chi connectivity index (χ2v) is 7.27. The van der Waals surface area contributed by atoms with Crippen LogP contribution in [0.1, 0.15) is 24.8 Å². The van der Waals surface area contributed by atoms with Gasteiger partial charge in [-0.25, -0.2) is 5.01 Å². The quantitative estimate of drug-likeness (QED) is 0.679. The van der Waals surface area contributed by atoms with E-state index in [2.05, 4.69) is 19.8 Å². The maximum atomic E-state index is 12.4. The fourth-order valence-electron chi connectivity index (χ4n) is 2.98. The zero-order valence-corrected chi connectivity index (χ0v) is 16.4. The maximum absolute atomic E-state index is 12.4. The second-order valence-electron chi connectivity index (χ2n) is 6.52. The molecule has 1 aromatic heterocycles. The summed E-state index contributed by atoms with van der Waals surface area (Å²) in [4.78, 5) is 28.9. The predicted molar refractivity (Wildman–Crippen MR) is 113 cm³/mol. The summed E-state index contributed by atoms with van der Waals surface area (Å²) in [5.74, 6) is 0.149. The van der Waals surface area contributed by atoms with Gasteiger partial charge in [0.1, 0.15) is 0 Å². The standard InChI is InChI=1S/C21H19N5O2S/c27-18(22-21-23-20(25-29-21)16-9-5-2-6-10-16)11-12-19(28)26-14-13-17(24-26)15-7-3-1-4-8-15/h1-10H,11-14H2,(H,22,23,25,27). The molecule has 0 radical (unpaired) electrons. The normalized spacial score (nSPS) is 13.2. The highest BCUT2D eigenvalue weighted by atomic mass is 32.1. The first-order chi connectivity index (χ1) is 14.2. The average Bonchev–Trinajstić information content (AvgIpc) is 3.43. The highest BCUT2D eigenvalue weighted by molar-refractivity contribution is 7.10. The number of hydrogen-bond acceptors (Lipinski definition) is 6. The lowest BCUT2D eigenvalue weighted by molar-refractivity contribution is -0.132. The zero-order chi connectivity index (χ0) is 20.1. The van der Waals surface area contributed by atoms with Gasteiger partial charge in [0.15, 0.2) is 5.82 Å². The van der Waals surface area contributed by atoms with Crippen molar-refractivity contribution in [3.05, 3.63) is 66.2 Å². The van der Waals surface area contributed by atoms with E-state index < -0.39 is 0 Å². The molecule has 0 fully saturated rings. The van der Waals surface area contributed by atoms with Crippen molar-refractivity contribution in [3.63, 3.8) is 0 Å². The molecule has 2 heterocycles. The van der Waals surface area contributed by atoms with Crippen molar-refractivity contribution in [2.45, 2.75) is 19.3 Å². The monoisotopic (exact) mass is 405 g/mol. The van der Waals surface area contributed by atoms with E-state index >= 15 is 0 Å². The van der Waals surface area contributed by atoms with E-state index in [0.717, 1.165) is 34.8 Å². The van der Waals surface area contributed by atoms with Gasteiger partial charge in [-0.2, -0.15) is 14.5 Å². The number of nitrogens with one attached hydrogen (secondary N) is 1. The van der Waals surface area contributed by atoms with Crippen molar-refractivity contribution in [2.75, 3.05) is 11.9 Å². The molecule has 2 amide bonds. The van der Waals surface area contributed by atoms with E-state index in [0.29, 0.717) is 17.5 Å². The maximum Gasteiger partial charge on any atom is 0.243 e. The Hall–Kier alpha value is -3.39. The van der Waals surface area contributed by atoms with Crippen LogP contribution in [0.5, 0.6) is 0 Å². The van der Waals surface area contributed by atoms with Gasteiger partial charge in [-0.05, 0) is 5.56 Å². The van der Waals surface area contributed by atoms with E-state index in [1.165, 1.54) is 5.01 Å². The molecule has 29 heavy (non-hydrogen) atoms. The molecule has 0 unspecified atom stereocenters. The summed E-state index contributed by atoms with van der Waals surface area (Å²) >= 11 is 1.12. The smallest absolute Gasteiger partial charge is 0.243 e. The fourth-order valence-corrected chi connectivity index (χ4v) is 3.59. The van der Waals surface area contributed by atoms with Crippen molar-refractivity contribution >= 4 is 34.2 Å². The van der Waals surface area contributed by atoms with E-state index in [-0.39, 0.29) is 24.7 Å². The number of amides is 2. The van der Waals surface area contributed by atoms with Gasteiger partial charge in [-0.3, -0.25) is 9.59 Å². The molecule has 1 aliphatic rings. The first kappa shape index (κ1) is 18.9. The predicted octanol–water partition coefficient (Wildman–Crippen LogP) is 3.56. The van der Waals surface area contributed by atoms with Crippen LogP contribution in [0.15, 0.2) is 65.8 Å². The third-order valence-corrected chi connectivity index (χ3v) is 5.10. The Morgan fingerprint density at radius 2 is 1.66 bits per heavy atom. The molecule has 0 saturated heterocycles. The summed E-state index contributed by atoms with van der Waals surface area (Å²) in [5.41, 5.74) is 2.80. The molecule has 4 rings (SSSR count). The van der Waals surface area contributed by atoms with Gasteiger partial charge in [0.05, 0.1) is 12.3 Å². The SMILES string of the molecule is O=C(CCC(=O)N1CCC(c2ccccc2)=N1)Nc1nc(-c2ccccc2)ns1. The zero-order valence-electron chi connectivity index (χ0n) is 15.6. The van der Waals surface area contributed by atoms with Gasteiger partial charge in [0.25, 0.3) is 0 Å². The molecule has 0 bridgehead atoms. The summed E-state index contributed by atoms with van der Waals surface area (Å²) in [5, 5.41) is 8.99. The number of rotatable bonds is 6. The van der Waals surface area contributed by atoms with Crippen molar-refractivity contribution in [2.24, 2.45) is 5.10 Å². The van der Waals surface area contributed by atoms with Crippen LogP contribution in [-0.4, -0.2) is 38.4 Å². The van der Waals surface area contributed by atoms with Gasteiger partial charge in [0.2, 0.25) is 16.9 Å². The Kier molecular flexibility index (Phi) is 5.71. The number of anilines is 1. The van der Waals surface area contributed by atoms with Gasteiger partial charge >= 0.3 is 0 Å². The van der Waals surface area contributed by atoms with Crippen LogP contribution in [0.25, 0.3) is 11.4 Å². The van der Waals surface area contributed by atoms with Crippen LogP contribution in [0, 0.1) is 0 Å². The Balaban J connectivity index is 1.28. The van der Waals surface area contributed by atoms with Crippen LogP contribution < -0.4 is 5.32 Å². The summed E-state index contributed by atoms with van der Waals surface area (Å²) in [6.07, 6.45) is 0.891. The Morgan fingerprint density at radius 1 is 0.966 bits per heavy atom. The number of hydrazone groups is 1. The molecule has 2 aromatic carbocycles. The molecule has 0 saturated carbocycles. The lowest BCUT2D eigenvalue weighted by Gasteiger charge is -2.10. The van der Waals surface area contributed by atoms with Crippen molar-refractivity contribution < 1.29 is 9.59 Å². The third-order valence-electron chi connectivity index (χ3n) is 4.47. The number of aromatic nitrogens is 2. The van der Waals surface area contributed by atoms with E-state index in [9.17, 15) is 9.59 Å². The molecule has 0 atom stereocenters. The first-order valence-corrected chi connectivity index (χ1v) is 10.1. The molecule has 146 valence electrons. The number of hydrogen-bond donors (Lipinski definition) is 1. The van der Waals surface area contributed by atoms with Gasteiger partial charge < -0.3 is 5.32 Å². The number of benzene rings is 2. The summed E-state index contributed by atoms with van der Waals surface area (Å²) in [7, 11) is 0. The average molecular weight is 405 g/mol. The number of carbonyl (C=O) groups excluding carboxylic acids is 2. The molecule has 7 nitrogen and oxygen atoms in total. The summed E-state index contributed by atoms with van der Waals surface area (Å²) in [6, 6.07) is 19.3. The Bertz CT molecular complexity index is 1030. The molecule has 1 aliphatic heterocycles. The minimum atomic E-state index is -0.263. The summed E-state index contributed by atoms with van der Waals surface area (Å²) in [6.45, 7) is 0.543. The van der Waals surface area contributed by atoms with E-state index in [1.807, 2.05) is 60.7 Å². The van der Waals surface area contributed by atoms with Crippen LogP contribution >= 0.6 is 11.5 Å². The van der Waals surface area contributed by atoms with Crippen LogP contribution in [0.2, 0.25) is 0 Å². The molecular weight excluding hydrogens is 386 g/mol. The number of nitrogens with zero attached hydrogens (tertiary/aromatic N) is 4. The second kappa shape index (κ2) is 8.74. The Labute approximate surface area is 172 Å².